The number of unbranched alkanes of at least 4 members (excludes halogenated alkanes) is 12. The molecule has 28 heavy (non-hydrogen) atoms. The van der Waals surface area contributed by atoms with E-state index < -0.39 is 0 Å². The third kappa shape index (κ3) is 13.5. The molecule has 0 atom stereocenters. The second kappa shape index (κ2) is 19.7. The van der Waals surface area contributed by atoms with Crippen molar-refractivity contribution in [1.29, 1.82) is 0 Å². The van der Waals surface area contributed by atoms with Gasteiger partial charge in [-0.1, -0.05) is 90.9 Å². The van der Waals surface area contributed by atoms with Gasteiger partial charge in [0.15, 0.2) is 0 Å². The van der Waals surface area contributed by atoms with E-state index in [0.29, 0.717) is 0 Å². The van der Waals surface area contributed by atoms with E-state index in [1.807, 2.05) is 0 Å². The van der Waals surface area contributed by atoms with E-state index in [4.69, 9.17) is 0 Å². The molecule has 1 aliphatic rings. The molecule has 0 saturated heterocycles. The molecular formula is C24H51N3O. The molecule has 4 heteroatoms. The Kier molecular flexibility index (Phi) is 19.3. The topological polar surface area (TPSA) is 48.3 Å². The highest BCUT2D eigenvalue weighted by Crippen LogP contribution is 2.12. The minimum Gasteiger partial charge on any atom is -0.870 e. The summed E-state index contributed by atoms with van der Waals surface area (Å²) in [5.41, 5.74) is 0. The minimum absolute atomic E-state index is 0. The van der Waals surface area contributed by atoms with Gasteiger partial charge in [-0.05, 0) is 19.4 Å². The number of rotatable bonds is 19. The molecule has 0 bridgehead atoms. The van der Waals surface area contributed by atoms with E-state index in [-0.39, 0.29) is 5.48 Å². The lowest BCUT2D eigenvalue weighted by molar-refractivity contribution is -0.487. The zero-order chi connectivity index (χ0) is 19.6. The second-order valence-electron chi connectivity index (χ2n) is 8.57. The number of nitrogens with one attached hydrogen (secondary N) is 1. The highest BCUT2D eigenvalue weighted by Gasteiger charge is 2.26. The molecule has 0 spiro atoms. The fraction of sp³-hybridized carbons (Fsp3) is 0.958. The molecule has 0 aliphatic carbocycles. The van der Waals surface area contributed by atoms with Gasteiger partial charge in [-0.15, -0.1) is 0 Å². The lowest BCUT2D eigenvalue weighted by atomic mass is 10.1. The van der Waals surface area contributed by atoms with Crippen molar-refractivity contribution < 1.29 is 10.1 Å². The number of nitrogens with zero attached hydrogens (tertiary/aromatic N) is 2. The number of hydrogen-bond donors (Lipinski definition) is 1. The SMILES string of the molecule is CCCCCCCCCCC1=[N+](C)CCN1CCNCCCCCCCC.[OH-]. The Balaban J connectivity index is 0.00000729. The number of likely N-dealkylation sites (N-methyl/N-ethyl adjacent to an activating group) is 1. The lowest BCUT2D eigenvalue weighted by Crippen LogP contribution is -2.35. The summed E-state index contributed by atoms with van der Waals surface area (Å²) in [5.74, 6) is 1.60. The van der Waals surface area contributed by atoms with Crippen LogP contribution in [0.1, 0.15) is 110 Å². The van der Waals surface area contributed by atoms with Crippen molar-refractivity contribution in [2.45, 2.75) is 110 Å². The molecule has 0 unspecified atom stereocenters. The van der Waals surface area contributed by atoms with Gasteiger partial charge in [-0.25, -0.2) is 0 Å². The van der Waals surface area contributed by atoms with Gasteiger partial charge in [0.1, 0.15) is 13.1 Å². The van der Waals surface area contributed by atoms with E-state index in [0.717, 1.165) is 6.54 Å². The molecule has 2 N–H and O–H groups in total. The Morgan fingerprint density at radius 2 is 1.29 bits per heavy atom. The van der Waals surface area contributed by atoms with Crippen molar-refractivity contribution in [2.24, 2.45) is 0 Å². The first-order chi connectivity index (χ1) is 13.3. The molecule has 1 aliphatic heterocycles. The van der Waals surface area contributed by atoms with Crippen LogP contribution in [0.3, 0.4) is 0 Å². The largest absolute Gasteiger partial charge is 0.870 e. The summed E-state index contributed by atoms with van der Waals surface area (Å²) < 4.78 is 2.50. The maximum atomic E-state index is 3.67. The van der Waals surface area contributed by atoms with Gasteiger partial charge >= 0.3 is 0 Å². The molecule has 1 rings (SSSR count). The van der Waals surface area contributed by atoms with Crippen molar-refractivity contribution in [3.8, 4) is 0 Å². The smallest absolute Gasteiger partial charge is 0.246 e. The van der Waals surface area contributed by atoms with Crippen LogP contribution in [-0.2, 0) is 0 Å². The first-order valence-corrected chi connectivity index (χ1v) is 12.3. The fourth-order valence-corrected chi connectivity index (χ4v) is 4.15. The highest BCUT2D eigenvalue weighted by atomic mass is 16.0. The Hall–Kier alpha value is -0.610. The maximum Gasteiger partial charge on any atom is 0.246 e. The molecule has 0 radical (unpaired) electrons. The summed E-state index contributed by atoms with van der Waals surface area (Å²) in [6.45, 7) is 10.5. The average Bonchev–Trinajstić information content (AvgIpc) is 3.02. The predicted molar refractivity (Wildman–Crippen MR) is 123 cm³/mol. The molecule has 0 saturated carbocycles. The fourth-order valence-electron chi connectivity index (χ4n) is 4.15. The molecule has 0 amide bonds. The number of hydrogen-bond acceptors (Lipinski definition) is 3. The third-order valence-corrected chi connectivity index (χ3v) is 6.03. The molecule has 0 aromatic carbocycles. The van der Waals surface area contributed by atoms with Crippen molar-refractivity contribution in [3.63, 3.8) is 0 Å². The van der Waals surface area contributed by atoms with Gasteiger partial charge in [0, 0.05) is 13.0 Å². The zero-order valence-electron chi connectivity index (χ0n) is 19.5. The van der Waals surface area contributed by atoms with E-state index >= 15 is 0 Å². The van der Waals surface area contributed by atoms with E-state index in [2.05, 4.69) is 35.7 Å². The van der Waals surface area contributed by atoms with Crippen LogP contribution in [0.2, 0.25) is 0 Å². The second-order valence-corrected chi connectivity index (χ2v) is 8.57. The summed E-state index contributed by atoms with van der Waals surface area (Å²) in [6.07, 6.45) is 20.9. The summed E-state index contributed by atoms with van der Waals surface area (Å²) in [7, 11) is 2.28. The van der Waals surface area contributed by atoms with Gasteiger partial charge in [-0.3, -0.25) is 9.48 Å². The van der Waals surface area contributed by atoms with Crippen molar-refractivity contribution in [1.82, 2.24) is 10.2 Å². The third-order valence-electron chi connectivity index (χ3n) is 6.03. The zero-order valence-corrected chi connectivity index (χ0v) is 19.5. The van der Waals surface area contributed by atoms with Gasteiger partial charge in [-0.2, -0.15) is 0 Å². The molecular weight excluding hydrogens is 346 g/mol. The normalized spacial score (nSPS) is 14.0. The Morgan fingerprint density at radius 1 is 0.750 bits per heavy atom. The molecule has 168 valence electrons. The van der Waals surface area contributed by atoms with Gasteiger partial charge in [0.2, 0.25) is 5.84 Å². The van der Waals surface area contributed by atoms with Crippen molar-refractivity contribution >= 4 is 5.84 Å². The Labute approximate surface area is 176 Å². The van der Waals surface area contributed by atoms with E-state index in [1.165, 1.54) is 122 Å². The first kappa shape index (κ1) is 27.4. The standard InChI is InChI=1S/C24H50N3.H2O/c1-4-6-8-10-12-13-14-16-18-24-26(3)22-23-27(24)21-20-25-19-17-15-11-9-7-5-2;/h25H,4-23H2,1-3H3;1H2/q+1;/p-1. The van der Waals surface area contributed by atoms with Crippen LogP contribution in [0, 0.1) is 0 Å². The predicted octanol–water partition coefficient (Wildman–Crippen LogP) is 5.65. The molecule has 0 aromatic rings. The quantitative estimate of drug-likeness (QED) is 0.226. The maximum absolute atomic E-state index is 3.67. The van der Waals surface area contributed by atoms with Crippen molar-refractivity contribution in [2.75, 3.05) is 39.8 Å². The monoisotopic (exact) mass is 397 g/mol. The summed E-state index contributed by atoms with van der Waals surface area (Å²) in [4.78, 5) is 2.63. The van der Waals surface area contributed by atoms with Gasteiger partial charge < -0.3 is 10.8 Å². The van der Waals surface area contributed by atoms with Crippen LogP contribution in [0.15, 0.2) is 0 Å². The highest BCUT2D eigenvalue weighted by molar-refractivity contribution is 5.78. The summed E-state index contributed by atoms with van der Waals surface area (Å²) in [6, 6.07) is 0. The van der Waals surface area contributed by atoms with E-state index in [1.54, 1.807) is 5.84 Å². The summed E-state index contributed by atoms with van der Waals surface area (Å²) in [5, 5.41) is 3.67. The Morgan fingerprint density at radius 3 is 1.89 bits per heavy atom. The van der Waals surface area contributed by atoms with Crippen molar-refractivity contribution in [3.05, 3.63) is 0 Å². The van der Waals surface area contributed by atoms with Crippen LogP contribution in [-0.4, -0.2) is 60.6 Å². The van der Waals surface area contributed by atoms with Crippen LogP contribution < -0.4 is 5.32 Å². The van der Waals surface area contributed by atoms with Gasteiger partial charge in [0.25, 0.3) is 0 Å². The minimum atomic E-state index is 0. The van der Waals surface area contributed by atoms with Crippen LogP contribution in [0.5, 0.6) is 0 Å². The molecule has 1 heterocycles. The van der Waals surface area contributed by atoms with Crippen LogP contribution in [0.25, 0.3) is 0 Å². The molecule has 0 aromatic heterocycles. The van der Waals surface area contributed by atoms with E-state index in [9.17, 15) is 0 Å². The average molecular weight is 398 g/mol. The molecule has 4 nitrogen and oxygen atoms in total. The van der Waals surface area contributed by atoms with Crippen LogP contribution >= 0.6 is 0 Å². The lowest BCUT2D eigenvalue weighted by Gasteiger charge is -2.14. The van der Waals surface area contributed by atoms with Crippen LogP contribution in [0.4, 0.5) is 0 Å². The number of amidine groups is 1. The van der Waals surface area contributed by atoms with Gasteiger partial charge in [0.05, 0.1) is 13.6 Å². The summed E-state index contributed by atoms with van der Waals surface area (Å²) >= 11 is 0. The Bertz CT molecular complexity index is 371. The first-order valence-electron chi connectivity index (χ1n) is 12.3. The molecule has 0 fully saturated rings.